The Labute approximate surface area is 83.9 Å². The molecular formula is C9H18N4O. The van der Waals surface area contributed by atoms with Gasteiger partial charge in [0.2, 0.25) is 0 Å². The number of hydrogen-bond donors (Lipinski definition) is 2. The summed E-state index contributed by atoms with van der Waals surface area (Å²) < 4.78 is 1.89. The first-order chi connectivity index (χ1) is 6.83. The maximum absolute atomic E-state index is 8.66. The molecule has 0 bridgehead atoms. The molecule has 3 N–H and O–H groups in total. The van der Waals surface area contributed by atoms with Crippen LogP contribution in [0.3, 0.4) is 0 Å². The van der Waals surface area contributed by atoms with Gasteiger partial charge < -0.3 is 10.8 Å². The predicted octanol–water partition coefficient (Wildman–Crippen LogP) is 0.0717. The van der Waals surface area contributed by atoms with Gasteiger partial charge in [-0.05, 0) is 19.3 Å². The van der Waals surface area contributed by atoms with Gasteiger partial charge in [-0.3, -0.25) is 0 Å². The average molecular weight is 198 g/mol. The Morgan fingerprint density at radius 1 is 1.43 bits per heavy atom. The lowest BCUT2D eigenvalue weighted by Gasteiger charge is -2.04. The molecule has 1 aromatic heterocycles. The maximum Gasteiger partial charge on any atom is 0.0994 e. The lowest BCUT2D eigenvalue weighted by atomic mass is 10.2. The number of nitrogens with zero attached hydrogens (tertiary/aromatic N) is 3. The van der Waals surface area contributed by atoms with Crippen LogP contribution in [-0.2, 0) is 19.5 Å². The summed E-state index contributed by atoms with van der Waals surface area (Å²) in [7, 11) is 0. The largest absolute Gasteiger partial charge is 0.396 e. The van der Waals surface area contributed by atoms with Gasteiger partial charge >= 0.3 is 0 Å². The molecule has 0 saturated heterocycles. The van der Waals surface area contributed by atoms with E-state index in [4.69, 9.17) is 10.8 Å². The smallest absolute Gasteiger partial charge is 0.0994 e. The maximum atomic E-state index is 8.66. The van der Waals surface area contributed by atoms with Crippen LogP contribution in [0.5, 0.6) is 0 Å². The van der Waals surface area contributed by atoms with Crippen molar-refractivity contribution >= 4 is 0 Å². The fourth-order valence-electron chi connectivity index (χ4n) is 1.47. The normalized spacial score (nSPS) is 10.8. The minimum absolute atomic E-state index is 0.236. The molecule has 5 nitrogen and oxygen atoms in total. The highest BCUT2D eigenvalue weighted by molar-refractivity contribution is 5.09. The first-order valence-electron chi connectivity index (χ1n) is 5.05. The van der Waals surface area contributed by atoms with Gasteiger partial charge in [-0.2, -0.15) is 0 Å². The van der Waals surface area contributed by atoms with E-state index in [-0.39, 0.29) is 6.61 Å². The molecule has 0 aromatic carbocycles. The van der Waals surface area contributed by atoms with Crippen LogP contribution < -0.4 is 5.73 Å². The summed E-state index contributed by atoms with van der Waals surface area (Å²) >= 11 is 0. The third kappa shape index (κ3) is 2.52. The Bertz CT molecular complexity index is 272. The first-order valence-corrected chi connectivity index (χ1v) is 5.05. The van der Waals surface area contributed by atoms with Crippen molar-refractivity contribution in [1.82, 2.24) is 15.0 Å². The zero-order chi connectivity index (χ0) is 10.4. The average Bonchev–Trinajstić information content (AvgIpc) is 2.60. The molecule has 0 aliphatic rings. The predicted molar refractivity (Wildman–Crippen MR) is 53.6 cm³/mol. The molecule has 1 aromatic rings. The lowest BCUT2D eigenvalue weighted by Crippen LogP contribution is -2.07. The highest BCUT2D eigenvalue weighted by Gasteiger charge is 2.08. The second-order valence-corrected chi connectivity index (χ2v) is 3.19. The second kappa shape index (κ2) is 5.72. The molecule has 5 heteroatoms. The molecule has 0 atom stereocenters. The van der Waals surface area contributed by atoms with Crippen LogP contribution in [0.25, 0.3) is 0 Å². The number of unbranched alkanes of at least 4 members (excludes halogenated alkanes) is 1. The van der Waals surface area contributed by atoms with E-state index in [2.05, 4.69) is 17.2 Å². The zero-order valence-electron chi connectivity index (χ0n) is 8.61. The third-order valence-electron chi connectivity index (χ3n) is 2.22. The van der Waals surface area contributed by atoms with Gasteiger partial charge in [-0.15, -0.1) is 5.10 Å². The van der Waals surface area contributed by atoms with Crippen molar-refractivity contribution in [3.05, 3.63) is 11.4 Å². The molecule has 0 spiro atoms. The molecule has 0 unspecified atom stereocenters. The molecule has 0 fully saturated rings. The molecule has 0 saturated carbocycles. The number of aromatic nitrogens is 3. The molecule has 0 aliphatic heterocycles. The van der Waals surface area contributed by atoms with Crippen molar-refractivity contribution < 1.29 is 5.11 Å². The molecule has 1 heterocycles. The number of aliphatic hydroxyl groups is 1. The lowest BCUT2D eigenvalue weighted by molar-refractivity contribution is 0.279. The Balaban J connectivity index is 2.61. The van der Waals surface area contributed by atoms with Crippen molar-refractivity contribution in [2.45, 2.75) is 39.3 Å². The number of hydrogen-bond acceptors (Lipinski definition) is 4. The minimum Gasteiger partial charge on any atom is -0.396 e. The molecular weight excluding hydrogens is 180 g/mol. The van der Waals surface area contributed by atoms with E-state index in [1.807, 2.05) is 4.68 Å². The monoisotopic (exact) mass is 198 g/mol. The van der Waals surface area contributed by atoms with Crippen LogP contribution in [-0.4, -0.2) is 26.7 Å². The van der Waals surface area contributed by atoms with Crippen molar-refractivity contribution in [2.75, 3.05) is 6.61 Å². The number of nitrogens with two attached hydrogens (primary N) is 1. The highest BCUT2D eigenvalue weighted by atomic mass is 16.2. The van der Waals surface area contributed by atoms with Crippen LogP contribution in [0, 0.1) is 0 Å². The van der Waals surface area contributed by atoms with Gasteiger partial charge in [0.25, 0.3) is 0 Å². The van der Waals surface area contributed by atoms with Crippen molar-refractivity contribution in [1.29, 1.82) is 0 Å². The SMILES string of the molecule is CCc1c(CN)nnn1CCCCO. The van der Waals surface area contributed by atoms with E-state index < -0.39 is 0 Å². The number of rotatable bonds is 6. The van der Waals surface area contributed by atoms with Crippen LogP contribution in [0.1, 0.15) is 31.2 Å². The van der Waals surface area contributed by atoms with E-state index >= 15 is 0 Å². The Hall–Kier alpha value is -0.940. The van der Waals surface area contributed by atoms with Crippen LogP contribution in [0.2, 0.25) is 0 Å². The standard InChI is InChI=1S/C9H18N4O/c1-2-9-8(7-10)11-12-13(9)5-3-4-6-14/h14H,2-7,10H2,1H3. The van der Waals surface area contributed by atoms with Crippen molar-refractivity contribution in [2.24, 2.45) is 5.73 Å². The zero-order valence-corrected chi connectivity index (χ0v) is 8.61. The van der Waals surface area contributed by atoms with Gasteiger partial charge in [-0.25, -0.2) is 4.68 Å². The van der Waals surface area contributed by atoms with Crippen molar-refractivity contribution in [3.8, 4) is 0 Å². The van der Waals surface area contributed by atoms with Gasteiger partial charge in [0.1, 0.15) is 0 Å². The summed E-state index contributed by atoms with van der Waals surface area (Å²) in [4.78, 5) is 0. The van der Waals surface area contributed by atoms with Crippen molar-refractivity contribution in [3.63, 3.8) is 0 Å². The van der Waals surface area contributed by atoms with Crippen LogP contribution >= 0.6 is 0 Å². The fraction of sp³-hybridized carbons (Fsp3) is 0.778. The molecule has 0 amide bonds. The number of aliphatic hydroxyl groups excluding tert-OH is 1. The molecule has 0 radical (unpaired) electrons. The fourth-order valence-corrected chi connectivity index (χ4v) is 1.47. The third-order valence-corrected chi connectivity index (χ3v) is 2.22. The van der Waals surface area contributed by atoms with Crippen LogP contribution in [0.15, 0.2) is 0 Å². The topological polar surface area (TPSA) is 77.0 Å². The molecule has 14 heavy (non-hydrogen) atoms. The summed E-state index contributed by atoms with van der Waals surface area (Å²) in [6.45, 7) is 3.57. The van der Waals surface area contributed by atoms with E-state index in [0.29, 0.717) is 6.54 Å². The Morgan fingerprint density at radius 2 is 2.21 bits per heavy atom. The van der Waals surface area contributed by atoms with E-state index in [9.17, 15) is 0 Å². The summed E-state index contributed by atoms with van der Waals surface area (Å²) in [6, 6.07) is 0. The van der Waals surface area contributed by atoms with Gasteiger partial charge in [-0.1, -0.05) is 12.1 Å². The summed E-state index contributed by atoms with van der Waals surface area (Å²) in [5, 5.41) is 16.7. The molecule has 80 valence electrons. The summed E-state index contributed by atoms with van der Waals surface area (Å²) in [6.07, 6.45) is 2.64. The molecule has 1 rings (SSSR count). The van der Waals surface area contributed by atoms with Gasteiger partial charge in [0.15, 0.2) is 0 Å². The Kier molecular flexibility index (Phi) is 4.55. The summed E-state index contributed by atoms with van der Waals surface area (Å²) in [5.74, 6) is 0. The minimum atomic E-state index is 0.236. The summed E-state index contributed by atoms with van der Waals surface area (Å²) in [5.41, 5.74) is 7.54. The van der Waals surface area contributed by atoms with Crippen LogP contribution in [0.4, 0.5) is 0 Å². The number of aryl methyl sites for hydroxylation is 1. The van der Waals surface area contributed by atoms with E-state index in [1.54, 1.807) is 0 Å². The molecule has 0 aliphatic carbocycles. The van der Waals surface area contributed by atoms with E-state index in [0.717, 1.165) is 37.2 Å². The van der Waals surface area contributed by atoms with Gasteiger partial charge in [0.05, 0.1) is 11.4 Å². The quantitative estimate of drug-likeness (QED) is 0.634. The highest BCUT2D eigenvalue weighted by Crippen LogP contribution is 2.06. The Morgan fingerprint density at radius 3 is 2.79 bits per heavy atom. The van der Waals surface area contributed by atoms with Gasteiger partial charge in [0, 0.05) is 19.7 Å². The first kappa shape index (κ1) is 11.1. The van der Waals surface area contributed by atoms with E-state index in [1.165, 1.54) is 0 Å². The second-order valence-electron chi connectivity index (χ2n) is 3.19.